The average Bonchev–Trinajstić information content (AvgIpc) is 3.34. The van der Waals surface area contributed by atoms with Crippen LogP contribution in [0.15, 0.2) is 54.5 Å². The third-order valence-electron chi connectivity index (χ3n) is 4.50. The lowest BCUT2D eigenvalue weighted by Gasteiger charge is -2.12. The van der Waals surface area contributed by atoms with Crippen molar-refractivity contribution in [2.75, 3.05) is 4.90 Å². The molecular formula is C19H16N6O3S. The highest BCUT2D eigenvalue weighted by molar-refractivity contribution is 7.80. The Balaban J connectivity index is 1.70. The van der Waals surface area contributed by atoms with Crippen LogP contribution in [0.2, 0.25) is 0 Å². The minimum absolute atomic E-state index is 0.00993. The molecule has 9 nitrogen and oxygen atoms in total. The molecular weight excluding hydrogens is 392 g/mol. The average molecular weight is 408 g/mol. The van der Waals surface area contributed by atoms with E-state index < -0.39 is 4.92 Å². The molecule has 3 heterocycles. The Labute approximate surface area is 171 Å². The van der Waals surface area contributed by atoms with E-state index in [1.807, 2.05) is 6.07 Å². The number of anilines is 1. The standard InChI is InChI=1S/C19H16N6O3S/c1-12-17(11-22(2)21-12)24-18(26)16(20-19(24)29)10-14-7-4-8-23(14)13-5-3-6-15(9-13)25(27)28/h3-11H,1-2H3,(H,20,29)/b16-10+. The molecule has 3 aromatic rings. The maximum atomic E-state index is 13.0. The fraction of sp³-hybridized carbons (Fsp3) is 0.105. The van der Waals surface area contributed by atoms with Crippen LogP contribution < -0.4 is 10.2 Å². The van der Waals surface area contributed by atoms with Gasteiger partial charge in [0.05, 0.1) is 22.0 Å². The van der Waals surface area contributed by atoms with Crippen LogP contribution in [0.4, 0.5) is 11.4 Å². The van der Waals surface area contributed by atoms with E-state index in [2.05, 4.69) is 10.4 Å². The molecule has 2 aromatic heterocycles. The largest absolute Gasteiger partial charge is 0.327 e. The van der Waals surface area contributed by atoms with Crippen LogP contribution in [0, 0.1) is 17.0 Å². The molecule has 0 spiro atoms. The number of amides is 1. The molecule has 0 aliphatic carbocycles. The van der Waals surface area contributed by atoms with Gasteiger partial charge in [0, 0.05) is 37.3 Å². The predicted octanol–water partition coefficient (Wildman–Crippen LogP) is 2.69. The predicted molar refractivity (Wildman–Crippen MR) is 112 cm³/mol. The monoisotopic (exact) mass is 408 g/mol. The number of non-ortho nitro benzene ring substituents is 1. The number of nitro benzene ring substituents is 1. The minimum Gasteiger partial charge on any atom is -0.327 e. The van der Waals surface area contributed by atoms with Crippen LogP contribution in [0.25, 0.3) is 11.8 Å². The number of hydrogen-bond acceptors (Lipinski definition) is 5. The number of carbonyl (C=O) groups excluding carboxylic acids is 1. The number of thiocarbonyl (C=S) groups is 1. The number of carbonyl (C=O) groups is 1. The van der Waals surface area contributed by atoms with E-state index in [1.165, 1.54) is 17.0 Å². The number of hydrogen-bond donors (Lipinski definition) is 1. The number of nitro groups is 1. The molecule has 1 saturated heterocycles. The summed E-state index contributed by atoms with van der Waals surface area (Å²) in [4.78, 5) is 25.0. The summed E-state index contributed by atoms with van der Waals surface area (Å²) in [5.74, 6) is -0.294. The van der Waals surface area contributed by atoms with Crippen molar-refractivity contribution in [3.8, 4) is 5.69 Å². The Hall–Kier alpha value is -3.79. The Morgan fingerprint density at radius 1 is 1.28 bits per heavy atom. The lowest BCUT2D eigenvalue weighted by atomic mass is 10.2. The van der Waals surface area contributed by atoms with Gasteiger partial charge < -0.3 is 9.88 Å². The van der Waals surface area contributed by atoms with Crippen molar-refractivity contribution in [3.63, 3.8) is 0 Å². The second-order valence-electron chi connectivity index (χ2n) is 6.48. The van der Waals surface area contributed by atoms with Crippen molar-refractivity contribution in [1.29, 1.82) is 0 Å². The summed E-state index contributed by atoms with van der Waals surface area (Å²) in [6, 6.07) is 9.88. The van der Waals surface area contributed by atoms with Crippen molar-refractivity contribution >= 4 is 40.7 Å². The van der Waals surface area contributed by atoms with E-state index in [9.17, 15) is 14.9 Å². The Morgan fingerprint density at radius 2 is 2.07 bits per heavy atom. The van der Waals surface area contributed by atoms with E-state index in [-0.39, 0.29) is 16.7 Å². The summed E-state index contributed by atoms with van der Waals surface area (Å²) in [5, 5.41) is 18.5. The minimum atomic E-state index is -0.445. The maximum absolute atomic E-state index is 13.0. The van der Waals surface area contributed by atoms with Crippen LogP contribution in [0.1, 0.15) is 11.4 Å². The van der Waals surface area contributed by atoms with Crippen molar-refractivity contribution in [2.24, 2.45) is 7.05 Å². The smallest absolute Gasteiger partial charge is 0.281 e. The zero-order valence-corrected chi connectivity index (χ0v) is 16.4. The molecule has 0 saturated carbocycles. The summed E-state index contributed by atoms with van der Waals surface area (Å²) >= 11 is 5.35. The molecule has 1 aliphatic rings. The molecule has 0 bridgehead atoms. The van der Waals surface area contributed by atoms with Gasteiger partial charge in [0.15, 0.2) is 5.11 Å². The molecule has 0 unspecified atom stereocenters. The quantitative estimate of drug-likeness (QED) is 0.308. The summed E-state index contributed by atoms with van der Waals surface area (Å²) in [5.41, 5.74) is 2.89. The number of nitrogens with one attached hydrogen (secondary N) is 1. The van der Waals surface area contributed by atoms with Gasteiger partial charge in [-0.25, -0.2) is 4.90 Å². The fourth-order valence-corrected chi connectivity index (χ4v) is 3.50. The first-order valence-electron chi connectivity index (χ1n) is 8.64. The fourth-order valence-electron chi connectivity index (χ4n) is 3.21. The molecule has 146 valence electrons. The first-order valence-corrected chi connectivity index (χ1v) is 9.05. The molecule has 4 rings (SSSR count). The number of nitrogens with zero attached hydrogens (tertiary/aromatic N) is 5. The zero-order valence-electron chi connectivity index (χ0n) is 15.6. The van der Waals surface area contributed by atoms with Crippen molar-refractivity contribution in [1.82, 2.24) is 19.7 Å². The van der Waals surface area contributed by atoms with E-state index >= 15 is 0 Å². The molecule has 10 heteroatoms. The second kappa shape index (κ2) is 6.99. The van der Waals surface area contributed by atoms with Crippen LogP contribution in [0.3, 0.4) is 0 Å². The molecule has 1 aliphatic heterocycles. The van der Waals surface area contributed by atoms with Crippen molar-refractivity contribution < 1.29 is 9.72 Å². The summed E-state index contributed by atoms with van der Waals surface area (Å²) in [6.07, 6.45) is 5.17. The molecule has 1 aromatic carbocycles. The number of aryl methyl sites for hydroxylation is 2. The van der Waals surface area contributed by atoms with Crippen molar-refractivity contribution in [3.05, 3.63) is 76.0 Å². The number of rotatable bonds is 4. The Bertz CT molecular complexity index is 1190. The number of benzene rings is 1. The molecule has 1 N–H and O–H groups in total. The summed E-state index contributed by atoms with van der Waals surface area (Å²) in [6.45, 7) is 1.81. The van der Waals surface area contributed by atoms with Gasteiger partial charge in [-0.1, -0.05) is 6.07 Å². The Kier molecular flexibility index (Phi) is 4.47. The SMILES string of the molecule is Cc1nn(C)cc1N1C(=O)/C(=C\c2cccn2-c2cccc([N+](=O)[O-])c2)NC1=S. The van der Waals surface area contributed by atoms with Crippen LogP contribution in [0.5, 0.6) is 0 Å². The third kappa shape index (κ3) is 3.29. The van der Waals surface area contributed by atoms with E-state index in [1.54, 1.807) is 59.9 Å². The van der Waals surface area contributed by atoms with Gasteiger partial charge in [-0.05, 0) is 43.4 Å². The van der Waals surface area contributed by atoms with Gasteiger partial charge in [0.1, 0.15) is 5.70 Å². The molecule has 0 atom stereocenters. The molecule has 1 fully saturated rings. The van der Waals surface area contributed by atoms with Crippen molar-refractivity contribution in [2.45, 2.75) is 6.92 Å². The molecule has 1 amide bonds. The summed E-state index contributed by atoms with van der Waals surface area (Å²) in [7, 11) is 1.77. The van der Waals surface area contributed by atoms with Crippen LogP contribution in [-0.2, 0) is 11.8 Å². The lowest BCUT2D eigenvalue weighted by molar-refractivity contribution is -0.384. The van der Waals surface area contributed by atoms with Crippen LogP contribution >= 0.6 is 12.2 Å². The van der Waals surface area contributed by atoms with Gasteiger partial charge in [-0.3, -0.25) is 19.6 Å². The Morgan fingerprint density at radius 3 is 2.76 bits per heavy atom. The molecule has 29 heavy (non-hydrogen) atoms. The third-order valence-corrected chi connectivity index (χ3v) is 4.78. The highest BCUT2D eigenvalue weighted by Gasteiger charge is 2.34. The first kappa shape index (κ1) is 18.6. The normalized spacial score (nSPS) is 15.2. The number of aromatic nitrogens is 3. The highest BCUT2D eigenvalue weighted by atomic mass is 32.1. The van der Waals surface area contributed by atoms with E-state index in [0.29, 0.717) is 28.5 Å². The van der Waals surface area contributed by atoms with Gasteiger partial charge in [0.2, 0.25) is 0 Å². The van der Waals surface area contributed by atoms with Crippen LogP contribution in [-0.4, -0.2) is 30.3 Å². The highest BCUT2D eigenvalue weighted by Crippen LogP contribution is 2.26. The zero-order chi connectivity index (χ0) is 20.7. The van der Waals surface area contributed by atoms with Gasteiger partial charge in [0.25, 0.3) is 11.6 Å². The maximum Gasteiger partial charge on any atom is 0.281 e. The van der Waals surface area contributed by atoms with Gasteiger partial charge in [-0.15, -0.1) is 0 Å². The van der Waals surface area contributed by atoms with Gasteiger partial charge in [-0.2, -0.15) is 5.10 Å². The van der Waals surface area contributed by atoms with Gasteiger partial charge >= 0.3 is 0 Å². The summed E-state index contributed by atoms with van der Waals surface area (Å²) < 4.78 is 3.38. The second-order valence-corrected chi connectivity index (χ2v) is 6.87. The topological polar surface area (TPSA) is 98.2 Å². The molecule has 0 radical (unpaired) electrons. The lowest BCUT2D eigenvalue weighted by Crippen LogP contribution is -2.30. The van der Waals surface area contributed by atoms with E-state index in [0.717, 1.165) is 0 Å². The van der Waals surface area contributed by atoms with E-state index in [4.69, 9.17) is 12.2 Å². The first-order chi connectivity index (χ1) is 13.8.